The Bertz CT molecular complexity index is 759. The number of carbonyl (C=O) groups excluding carboxylic acids is 1. The fourth-order valence-electron chi connectivity index (χ4n) is 1.69. The molecule has 7 heteroatoms. The first kappa shape index (κ1) is 16.3. The smallest absolute Gasteiger partial charge is 0.275 e. The van der Waals surface area contributed by atoms with Crippen LogP contribution in [0.15, 0.2) is 45.9 Å². The monoisotopic (exact) mass is 323 g/mol. The SMILES string of the molecule is CC(=O)c1ccc(OCc2ccc(S(=O)(=O)N(C)C)o2)cc1. The summed E-state index contributed by atoms with van der Waals surface area (Å²) < 4.78 is 35.6. The minimum atomic E-state index is -3.58. The molecule has 6 nitrogen and oxygen atoms in total. The summed E-state index contributed by atoms with van der Waals surface area (Å²) in [6.07, 6.45) is 0. The maximum absolute atomic E-state index is 11.9. The number of carbonyl (C=O) groups is 1. The molecular formula is C15H17NO5S. The van der Waals surface area contributed by atoms with Crippen LogP contribution >= 0.6 is 0 Å². The number of rotatable bonds is 6. The Balaban J connectivity index is 2.04. The van der Waals surface area contributed by atoms with Crippen LogP contribution in [0.1, 0.15) is 23.0 Å². The lowest BCUT2D eigenvalue weighted by Gasteiger charge is -2.08. The number of hydrogen-bond acceptors (Lipinski definition) is 5. The first-order chi connectivity index (χ1) is 10.3. The van der Waals surface area contributed by atoms with Gasteiger partial charge in [0.05, 0.1) is 0 Å². The van der Waals surface area contributed by atoms with Gasteiger partial charge < -0.3 is 9.15 Å². The zero-order valence-electron chi connectivity index (χ0n) is 12.6. The topological polar surface area (TPSA) is 76.8 Å². The molecule has 0 bridgehead atoms. The van der Waals surface area contributed by atoms with E-state index in [4.69, 9.17) is 9.15 Å². The number of nitrogens with zero attached hydrogens (tertiary/aromatic N) is 1. The Morgan fingerprint density at radius 3 is 2.32 bits per heavy atom. The first-order valence-corrected chi connectivity index (χ1v) is 8.00. The van der Waals surface area contributed by atoms with Crippen molar-refractivity contribution >= 4 is 15.8 Å². The molecule has 0 radical (unpaired) electrons. The van der Waals surface area contributed by atoms with Crippen LogP contribution < -0.4 is 4.74 Å². The highest BCUT2D eigenvalue weighted by atomic mass is 32.2. The summed E-state index contributed by atoms with van der Waals surface area (Å²) in [5.41, 5.74) is 0.602. The van der Waals surface area contributed by atoms with E-state index in [2.05, 4.69) is 0 Å². The highest BCUT2D eigenvalue weighted by molar-refractivity contribution is 7.88. The Hall–Kier alpha value is -2.12. The Labute approximate surface area is 129 Å². The second kappa shape index (κ2) is 6.33. The summed E-state index contributed by atoms with van der Waals surface area (Å²) in [6.45, 7) is 1.59. The molecule has 118 valence electrons. The van der Waals surface area contributed by atoms with Gasteiger partial charge in [-0.25, -0.2) is 12.7 Å². The quantitative estimate of drug-likeness (QED) is 0.762. The van der Waals surface area contributed by atoms with Crippen LogP contribution in [0.2, 0.25) is 0 Å². The molecule has 0 atom stereocenters. The molecule has 0 amide bonds. The van der Waals surface area contributed by atoms with Crippen molar-refractivity contribution in [1.29, 1.82) is 0 Å². The standard InChI is InChI=1S/C15H17NO5S/c1-11(17)12-4-6-13(7-5-12)20-10-14-8-9-15(21-14)22(18,19)16(2)3/h4-9H,10H2,1-3H3. The zero-order valence-corrected chi connectivity index (χ0v) is 13.4. The van der Waals surface area contributed by atoms with Crippen molar-refractivity contribution in [2.75, 3.05) is 14.1 Å². The third-order valence-corrected chi connectivity index (χ3v) is 4.70. The molecule has 22 heavy (non-hydrogen) atoms. The van der Waals surface area contributed by atoms with Gasteiger partial charge in [-0.1, -0.05) is 0 Å². The van der Waals surface area contributed by atoms with E-state index in [0.717, 1.165) is 4.31 Å². The van der Waals surface area contributed by atoms with Crippen LogP contribution in [0.4, 0.5) is 0 Å². The summed E-state index contributed by atoms with van der Waals surface area (Å²) in [5.74, 6) is 0.950. The Morgan fingerprint density at radius 2 is 1.77 bits per heavy atom. The number of sulfonamides is 1. The molecule has 0 aliphatic rings. The molecule has 0 saturated heterocycles. The molecule has 1 aromatic heterocycles. The first-order valence-electron chi connectivity index (χ1n) is 6.56. The molecule has 0 unspecified atom stereocenters. The van der Waals surface area contributed by atoms with E-state index in [-0.39, 0.29) is 17.5 Å². The number of Topliss-reactive ketones (excluding diaryl/α,β-unsaturated/α-hetero) is 1. The molecule has 2 aromatic rings. The third kappa shape index (κ3) is 3.55. The fourth-order valence-corrected chi connectivity index (χ4v) is 2.51. The van der Waals surface area contributed by atoms with Crippen LogP contribution in [0, 0.1) is 0 Å². The summed E-state index contributed by atoms with van der Waals surface area (Å²) >= 11 is 0. The molecule has 0 fully saturated rings. The summed E-state index contributed by atoms with van der Waals surface area (Å²) in [5, 5.41) is -0.122. The number of ether oxygens (including phenoxy) is 1. The van der Waals surface area contributed by atoms with E-state index < -0.39 is 10.0 Å². The van der Waals surface area contributed by atoms with Gasteiger partial charge in [-0.3, -0.25) is 4.79 Å². The van der Waals surface area contributed by atoms with Crippen molar-refractivity contribution in [3.8, 4) is 5.75 Å². The van der Waals surface area contributed by atoms with Gasteiger partial charge >= 0.3 is 0 Å². The molecule has 1 aromatic carbocycles. The van der Waals surface area contributed by atoms with Crippen LogP contribution in [0.3, 0.4) is 0 Å². The van der Waals surface area contributed by atoms with Crippen molar-refractivity contribution < 1.29 is 22.4 Å². The molecule has 1 heterocycles. The van der Waals surface area contributed by atoms with Crippen LogP contribution in [-0.2, 0) is 16.6 Å². The maximum Gasteiger partial charge on any atom is 0.275 e. The second-order valence-corrected chi connectivity index (χ2v) is 6.96. The molecular weight excluding hydrogens is 306 g/mol. The van der Waals surface area contributed by atoms with Gasteiger partial charge in [-0.05, 0) is 43.3 Å². The predicted molar refractivity (Wildman–Crippen MR) is 80.4 cm³/mol. The minimum Gasteiger partial charge on any atom is -0.486 e. The summed E-state index contributed by atoms with van der Waals surface area (Å²) in [7, 11) is -0.710. The normalized spacial score (nSPS) is 11.6. The maximum atomic E-state index is 11.9. The van der Waals surface area contributed by atoms with Gasteiger partial charge in [-0.15, -0.1) is 0 Å². The lowest BCUT2D eigenvalue weighted by atomic mass is 10.1. The number of furan rings is 1. The van der Waals surface area contributed by atoms with Crippen molar-refractivity contribution in [3.05, 3.63) is 47.7 Å². The van der Waals surface area contributed by atoms with E-state index >= 15 is 0 Å². The van der Waals surface area contributed by atoms with Gasteiger partial charge in [0.2, 0.25) is 5.09 Å². The van der Waals surface area contributed by atoms with E-state index in [1.807, 2.05) is 0 Å². The van der Waals surface area contributed by atoms with Gasteiger partial charge in [0.1, 0.15) is 18.1 Å². The average Bonchev–Trinajstić information content (AvgIpc) is 2.95. The largest absolute Gasteiger partial charge is 0.486 e. The van der Waals surface area contributed by atoms with Crippen molar-refractivity contribution in [2.45, 2.75) is 18.6 Å². The van der Waals surface area contributed by atoms with E-state index in [0.29, 0.717) is 17.1 Å². The van der Waals surface area contributed by atoms with Crippen LogP contribution in [-0.4, -0.2) is 32.6 Å². The zero-order chi connectivity index (χ0) is 16.3. The minimum absolute atomic E-state index is 0.0175. The number of hydrogen-bond donors (Lipinski definition) is 0. The van der Waals surface area contributed by atoms with Gasteiger partial charge in [0, 0.05) is 19.7 Å². The molecule has 2 rings (SSSR count). The third-order valence-electron chi connectivity index (χ3n) is 3.01. The van der Waals surface area contributed by atoms with Crippen LogP contribution in [0.25, 0.3) is 0 Å². The highest BCUT2D eigenvalue weighted by Crippen LogP contribution is 2.19. The Morgan fingerprint density at radius 1 is 1.14 bits per heavy atom. The lowest BCUT2D eigenvalue weighted by Crippen LogP contribution is -2.21. The van der Waals surface area contributed by atoms with Crippen molar-refractivity contribution in [1.82, 2.24) is 4.31 Å². The van der Waals surface area contributed by atoms with E-state index in [1.165, 1.54) is 27.1 Å². The van der Waals surface area contributed by atoms with E-state index in [1.54, 1.807) is 30.3 Å². The number of ketones is 1. The molecule has 0 N–H and O–H groups in total. The van der Waals surface area contributed by atoms with Gasteiger partial charge in [-0.2, -0.15) is 0 Å². The highest BCUT2D eigenvalue weighted by Gasteiger charge is 2.21. The van der Waals surface area contributed by atoms with E-state index in [9.17, 15) is 13.2 Å². The molecule has 0 aliphatic carbocycles. The summed E-state index contributed by atoms with van der Waals surface area (Å²) in [6, 6.07) is 9.64. The predicted octanol–water partition coefficient (Wildman–Crippen LogP) is 2.31. The molecule has 0 aliphatic heterocycles. The second-order valence-electron chi connectivity index (χ2n) is 4.88. The Kier molecular flexibility index (Phi) is 4.68. The molecule has 0 saturated carbocycles. The average molecular weight is 323 g/mol. The lowest BCUT2D eigenvalue weighted by molar-refractivity contribution is 0.101. The van der Waals surface area contributed by atoms with Crippen molar-refractivity contribution in [3.63, 3.8) is 0 Å². The van der Waals surface area contributed by atoms with Crippen LogP contribution in [0.5, 0.6) is 5.75 Å². The van der Waals surface area contributed by atoms with Gasteiger partial charge in [0.15, 0.2) is 5.78 Å². The van der Waals surface area contributed by atoms with Crippen molar-refractivity contribution in [2.24, 2.45) is 0 Å². The summed E-state index contributed by atoms with van der Waals surface area (Å²) in [4.78, 5) is 11.2. The van der Waals surface area contributed by atoms with Gasteiger partial charge in [0.25, 0.3) is 10.0 Å². The molecule has 0 spiro atoms. The number of benzene rings is 1. The fraction of sp³-hybridized carbons (Fsp3) is 0.267.